The normalized spacial score (nSPS) is 28.4. The summed E-state index contributed by atoms with van der Waals surface area (Å²) >= 11 is 0. The van der Waals surface area contributed by atoms with Crippen molar-refractivity contribution in [3.05, 3.63) is 47.1 Å². The molecule has 0 N–H and O–H groups in total. The van der Waals surface area contributed by atoms with Crippen LogP contribution in [0, 0.1) is 12.8 Å². The summed E-state index contributed by atoms with van der Waals surface area (Å²) in [4.78, 5) is 19.6. The standard InChI is InChI=1S/C20H23N3O2/c1-12-4-2-5-14(10-12)15-11-16(15)20(24)23-9-3-6-17(23)18-21-19(25-22-18)13-7-8-13/h2,4-5,10,13,15-17H,3,6-9,11H2,1H3/t15-,16-,17+/m0/s1. The van der Waals surface area contributed by atoms with E-state index in [1.165, 1.54) is 11.1 Å². The Morgan fingerprint density at radius 2 is 2.16 bits per heavy atom. The first kappa shape index (κ1) is 15.1. The molecule has 1 amide bonds. The number of rotatable bonds is 4. The van der Waals surface area contributed by atoms with Gasteiger partial charge in [0, 0.05) is 18.4 Å². The van der Waals surface area contributed by atoms with E-state index in [1.807, 2.05) is 4.90 Å². The Hall–Kier alpha value is -2.17. The van der Waals surface area contributed by atoms with E-state index < -0.39 is 0 Å². The summed E-state index contributed by atoms with van der Waals surface area (Å²) in [7, 11) is 0. The van der Waals surface area contributed by atoms with E-state index in [9.17, 15) is 4.79 Å². The maximum atomic E-state index is 13.1. The van der Waals surface area contributed by atoms with Crippen molar-refractivity contribution in [2.75, 3.05) is 6.54 Å². The Labute approximate surface area is 147 Å². The molecule has 3 fully saturated rings. The number of amides is 1. The average molecular weight is 337 g/mol. The average Bonchev–Trinajstić information content (AvgIpc) is 3.51. The molecule has 0 spiro atoms. The van der Waals surface area contributed by atoms with Gasteiger partial charge in [0.1, 0.15) is 0 Å². The summed E-state index contributed by atoms with van der Waals surface area (Å²) < 4.78 is 5.41. The van der Waals surface area contributed by atoms with Crippen molar-refractivity contribution in [2.24, 2.45) is 5.92 Å². The third-order valence-electron chi connectivity index (χ3n) is 5.80. The molecule has 2 aromatic rings. The molecular formula is C20H23N3O2. The summed E-state index contributed by atoms with van der Waals surface area (Å²) in [5, 5.41) is 4.18. The molecule has 3 aliphatic rings. The third kappa shape index (κ3) is 2.75. The molecule has 1 aromatic heterocycles. The summed E-state index contributed by atoms with van der Waals surface area (Å²) in [6.07, 6.45) is 5.22. The molecule has 5 heteroatoms. The second-order valence-corrected chi connectivity index (χ2v) is 7.82. The zero-order valence-corrected chi connectivity index (χ0v) is 14.5. The first-order chi connectivity index (χ1) is 12.2. The predicted octanol–water partition coefficient (Wildman–Crippen LogP) is 3.72. The van der Waals surface area contributed by atoms with E-state index in [0.29, 0.717) is 17.7 Å². The van der Waals surface area contributed by atoms with Crippen LogP contribution in [0.5, 0.6) is 0 Å². The van der Waals surface area contributed by atoms with Gasteiger partial charge in [-0.3, -0.25) is 4.79 Å². The van der Waals surface area contributed by atoms with Crippen molar-refractivity contribution in [1.29, 1.82) is 0 Å². The summed E-state index contributed by atoms with van der Waals surface area (Å²) in [6, 6.07) is 8.55. The molecule has 0 unspecified atom stereocenters. The number of carbonyl (C=O) groups is 1. The first-order valence-electron chi connectivity index (χ1n) is 9.41. The molecule has 1 aromatic carbocycles. The lowest BCUT2D eigenvalue weighted by molar-refractivity contribution is -0.133. The van der Waals surface area contributed by atoms with Gasteiger partial charge in [0.05, 0.1) is 6.04 Å². The Morgan fingerprint density at radius 3 is 2.96 bits per heavy atom. The van der Waals surface area contributed by atoms with Crippen LogP contribution in [0.4, 0.5) is 0 Å². The minimum absolute atomic E-state index is 0.00232. The molecule has 2 aliphatic carbocycles. The van der Waals surface area contributed by atoms with Crippen LogP contribution in [-0.4, -0.2) is 27.5 Å². The monoisotopic (exact) mass is 337 g/mol. The minimum atomic E-state index is 0.00232. The van der Waals surface area contributed by atoms with E-state index in [1.54, 1.807) is 0 Å². The van der Waals surface area contributed by atoms with Crippen molar-refractivity contribution in [2.45, 2.75) is 56.9 Å². The zero-order chi connectivity index (χ0) is 17.0. The van der Waals surface area contributed by atoms with Gasteiger partial charge in [-0.25, -0.2) is 0 Å². The van der Waals surface area contributed by atoms with Crippen molar-refractivity contribution >= 4 is 5.91 Å². The van der Waals surface area contributed by atoms with E-state index in [4.69, 9.17) is 4.52 Å². The fourth-order valence-corrected chi connectivity index (χ4v) is 4.13. The van der Waals surface area contributed by atoms with Gasteiger partial charge in [-0.15, -0.1) is 0 Å². The van der Waals surface area contributed by atoms with Gasteiger partial charge in [-0.05, 0) is 50.5 Å². The Bertz CT molecular complexity index is 811. The van der Waals surface area contributed by atoms with E-state index in [-0.39, 0.29) is 17.9 Å². The second-order valence-electron chi connectivity index (χ2n) is 7.82. The molecule has 2 heterocycles. The summed E-state index contributed by atoms with van der Waals surface area (Å²) in [5.41, 5.74) is 2.55. The van der Waals surface area contributed by atoms with Gasteiger partial charge < -0.3 is 9.42 Å². The van der Waals surface area contributed by atoms with Gasteiger partial charge in [0.15, 0.2) is 5.82 Å². The topological polar surface area (TPSA) is 59.2 Å². The lowest BCUT2D eigenvalue weighted by Crippen LogP contribution is -2.32. The van der Waals surface area contributed by atoms with Crippen LogP contribution in [0.15, 0.2) is 28.8 Å². The van der Waals surface area contributed by atoms with Gasteiger partial charge in [-0.1, -0.05) is 35.0 Å². The Morgan fingerprint density at radius 1 is 1.28 bits per heavy atom. The van der Waals surface area contributed by atoms with Crippen molar-refractivity contribution in [3.63, 3.8) is 0 Å². The summed E-state index contributed by atoms with van der Waals surface area (Å²) in [5.74, 6) is 2.70. The van der Waals surface area contributed by atoms with Gasteiger partial charge in [0.2, 0.25) is 11.8 Å². The van der Waals surface area contributed by atoms with Crippen molar-refractivity contribution in [1.82, 2.24) is 15.0 Å². The molecule has 25 heavy (non-hydrogen) atoms. The van der Waals surface area contributed by atoms with Crippen LogP contribution in [0.3, 0.4) is 0 Å². The van der Waals surface area contributed by atoms with Gasteiger partial charge >= 0.3 is 0 Å². The predicted molar refractivity (Wildman–Crippen MR) is 92.0 cm³/mol. The SMILES string of the molecule is Cc1cccc([C@@H]2C[C@@H]2C(=O)N2CCC[C@@H]2c2noc(C3CC3)n2)c1. The molecule has 3 atom stereocenters. The van der Waals surface area contributed by atoms with Gasteiger partial charge in [-0.2, -0.15) is 4.98 Å². The zero-order valence-electron chi connectivity index (χ0n) is 14.5. The quantitative estimate of drug-likeness (QED) is 0.853. The highest BCUT2D eigenvalue weighted by Crippen LogP contribution is 2.50. The molecule has 130 valence electrons. The van der Waals surface area contributed by atoms with Crippen LogP contribution in [-0.2, 0) is 4.79 Å². The van der Waals surface area contributed by atoms with E-state index >= 15 is 0 Å². The Kier molecular flexibility index (Phi) is 3.43. The molecule has 1 saturated heterocycles. The maximum Gasteiger partial charge on any atom is 0.229 e. The molecule has 2 saturated carbocycles. The number of likely N-dealkylation sites (tertiary alicyclic amines) is 1. The number of hydrogen-bond donors (Lipinski definition) is 0. The lowest BCUT2D eigenvalue weighted by atomic mass is 10.1. The van der Waals surface area contributed by atoms with Crippen LogP contribution >= 0.6 is 0 Å². The highest BCUT2D eigenvalue weighted by molar-refractivity contribution is 5.83. The molecule has 0 radical (unpaired) electrons. The highest BCUT2D eigenvalue weighted by atomic mass is 16.5. The van der Waals surface area contributed by atoms with Crippen LogP contribution in [0.1, 0.15) is 72.8 Å². The number of nitrogens with zero attached hydrogens (tertiary/aromatic N) is 3. The molecular weight excluding hydrogens is 314 g/mol. The molecule has 1 aliphatic heterocycles. The second kappa shape index (κ2) is 5.68. The van der Waals surface area contributed by atoms with Gasteiger partial charge in [0.25, 0.3) is 0 Å². The maximum absolute atomic E-state index is 13.1. The lowest BCUT2D eigenvalue weighted by Gasteiger charge is -2.22. The fourth-order valence-electron chi connectivity index (χ4n) is 4.13. The van der Waals surface area contributed by atoms with Crippen molar-refractivity contribution in [3.8, 4) is 0 Å². The number of aryl methyl sites for hydroxylation is 1. The van der Waals surface area contributed by atoms with Crippen LogP contribution in [0.25, 0.3) is 0 Å². The van der Waals surface area contributed by atoms with E-state index in [0.717, 1.165) is 44.5 Å². The van der Waals surface area contributed by atoms with E-state index in [2.05, 4.69) is 41.3 Å². The highest BCUT2D eigenvalue weighted by Gasteiger charge is 2.48. The van der Waals surface area contributed by atoms with Crippen molar-refractivity contribution < 1.29 is 9.32 Å². The fraction of sp³-hybridized carbons (Fsp3) is 0.550. The Balaban J connectivity index is 1.31. The molecule has 5 rings (SSSR count). The molecule has 0 bridgehead atoms. The van der Waals surface area contributed by atoms with Crippen LogP contribution < -0.4 is 0 Å². The smallest absolute Gasteiger partial charge is 0.229 e. The number of carbonyl (C=O) groups excluding carboxylic acids is 1. The largest absolute Gasteiger partial charge is 0.339 e. The number of hydrogen-bond acceptors (Lipinski definition) is 4. The van der Waals surface area contributed by atoms with Crippen LogP contribution in [0.2, 0.25) is 0 Å². The molecule has 5 nitrogen and oxygen atoms in total. The first-order valence-corrected chi connectivity index (χ1v) is 9.41. The third-order valence-corrected chi connectivity index (χ3v) is 5.80. The summed E-state index contributed by atoms with van der Waals surface area (Å²) in [6.45, 7) is 2.92. The number of aromatic nitrogens is 2. The minimum Gasteiger partial charge on any atom is -0.339 e. The number of benzene rings is 1.